The summed E-state index contributed by atoms with van der Waals surface area (Å²) in [6.45, 7) is 17.3. The molecule has 9 heteroatoms. The number of likely N-dealkylation sites (tertiary alicyclic amines) is 1. The molecule has 1 aromatic carbocycles. The van der Waals surface area contributed by atoms with Crippen LogP contribution in [0.2, 0.25) is 18.1 Å². The Kier molecular flexibility index (Phi) is 8.69. The molecule has 1 saturated heterocycles. The fourth-order valence-electron chi connectivity index (χ4n) is 3.42. The molecular weight excluding hydrogens is 454 g/mol. The van der Waals surface area contributed by atoms with Crippen molar-refractivity contribution in [3.63, 3.8) is 0 Å². The quantitative estimate of drug-likeness (QED) is 0.377. The Labute approximate surface area is 205 Å². The van der Waals surface area contributed by atoms with Gasteiger partial charge in [-0.05, 0) is 57.1 Å². The zero-order valence-electron chi connectivity index (χ0n) is 22.3. The van der Waals surface area contributed by atoms with Crippen molar-refractivity contribution in [1.82, 2.24) is 4.90 Å². The molecule has 0 aliphatic carbocycles. The topological polar surface area (TPSA) is 83.5 Å². The number of benzene rings is 1. The number of carbonyl (C=O) groups is 2. The van der Waals surface area contributed by atoms with Gasteiger partial charge in [0.05, 0.1) is 26.9 Å². The second-order valence-electron chi connectivity index (χ2n) is 11.1. The van der Waals surface area contributed by atoms with Crippen LogP contribution in [-0.4, -0.2) is 70.4 Å². The zero-order chi connectivity index (χ0) is 25.9. The van der Waals surface area contributed by atoms with Crippen LogP contribution in [0.3, 0.4) is 0 Å². The van der Waals surface area contributed by atoms with Crippen LogP contribution in [0.5, 0.6) is 11.5 Å². The highest BCUT2D eigenvalue weighted by Gasteiger charge is 2.44. The van der Waals surface area contributed by atoms with E-state index in [4.69, 9.17) is 23.4 Å². The van der Waals surface area contributed by atoms with E-state index in [0.717, 1.165) is 0 Å². The minimum absolute atomic E-state index is 0.0319. The average molecular weight is 496 g/mol. The third-order valence-corrected chi connectivity index (χ3v) is 10.9. The number of esters is 1. The molecule has 2 atom stereocenters. The van der Waals surface area contributed by atoms with Crippen LogP contribution in [0, 0.1) is 0 Å². The summed E-state index contributed by atoms with van der Waals surface area (Å²) in [4.78, 5) is 26.9. The zero-order valence-corrected chi connectivity index (χ0v) is 23.3. The van der Waals surface area contributed by atoms with Crippen molar-refractivity contribution in [3.05, 3.63) is 23.8 Å². The number of hydrogen-bond acceptors (Lipinski definition) is 7. The van der Waals surface area contributed by atoms with Gasteiger partial charge in [0.15, 0.2) is 8.32 Å². The number of carbonyl (C=O) groups excluding carboxylic acids is 2. The molecule has 1 aliphatic rings. The van der Waals surface area contributed by atoms with Crippen molar-refractivity contribution < 1.29 is 33.0 Å². The Morgan fingerprint density at radius 2 is 1.74 bits per heavy atom. The number of amides is 1. The van der Waals surface area contributed by atoms with Gasteiger partial charge in [0.1, 0.15) is 28.8 Å². The molecule has 0 radical (unpaired) electrons. The molecule has 0 saturated carbocycles. The number of rotatable bonds is 7. The van der Waals surface area contributed by atoms with Crippen molar-refractivity contribution in [3.8, 4) is 11.5 Å². The maximum atomic E-state index is 13.0. The van der Waals surface area contributed by atoms with Crippen LogP contribution < -0.4 is 9.47 Å². The first-order valence-corrected chi connectivity index (χ1v) is 14.6. The molecule has 1 heterocycles. The third-order valence-electron chi connectivity index (χ3n) is 6.40. The molecule has 2 rings (SSSR count). The monoisotopic (exact) mass is 495 g/mol. The van der Waals surface area contributed by atoms with E-state index in [1.807, 2.05) is 20.8 Å². The molecule has 192 valence electrons. The van der Waals surface area contributed by atoms with E-state index in [1.54, 1.807) is 23.1 Å². The summed E-state index contributed by atoms with van der Waals surface area (Å²) in [6, 6.07) is 4.69. The fourth-order valence-corrected chi connectivity index (χ4v) is 4.44. The number of methoxy groups -OCH3 is 2. The lowest BCUT2D eigenvalue weighted by Gasteiger charge is -2.38. The van der Waals surface area contributed by atoms with Crippen LogP contribution in [-0.2, 0) is 13.9 Å². The van der Waals surface area contributed by atoms with Crippen molar-refractivity contribution in [2.24, 2.45) is 0 Å². The first kappa shape index (κ1) is 28.0. The van der Waals surface area contributed by atoms with Crippen molar-refractivity contribution in [2.75, 3.05) is 27.4 Å². The van der Waals surface area contributed by atoms with Crippen LogP contribution >= 0.6 is 0 Å². The highest BCUT2D eigenvalue weighted by atomic mass is 28.4. The predicted octanol–water partition coefficient (Wildman–Crippen LogP) is 5.26. The molecule has 0 N–H and O–H groups in total. The first-order chi connectivity index (χ1) is 15.6. The summed E-state index contributed by atoms with van der Waals surface area (Å²) in [5.74, 6) is 0.385. The molecule has 0 aromatic heterocycles. The van der Waals surface area contributed by atoms with Crippen molar-refractivity contribution >= 4 is 20.4 Å². The number of hydrogen-bond donors (Lipinski definition) is 0. The van der Waals surface area contributed by atoms with Crippen LogP contribution in [0.4, 0.5) is 4.79 Å². The predicted molar refractivity (Wildman–Crippen MR) is 133 cm³/mol. The molecular formula is C25H41NO7Si. The van der Waals surface area contributed by atoms with Gasteiger partial charge in [-0.1, -0.05) is 20.8 Å². The van der Waals surface area contributed by atoms with Gasteiger partial charge in [-0.2, -0.15) is 0 Å². The molecule has 0 bridgehead atoms. The standard InChI is InChI=1S/C25H41NO7Si/c1-24(2,3)33-23(28)26-14-13-21(19(26)16-31-34(9,10)25(4,5)6)32-17-11-12-20(29-7)18(15-17)22(27)30-8/h11-12,15,19,21H,13-14,16H2,1-10H3/t19-,21+/m1/s1. The molecule has 1 fully saturated rings. The highest BCUT2D eigenvalue weighted by Crippen LogP contribution is 2.37. The Morgan fingerprint density at radius 1 is 1.09 bits per heavy atom. The Bertz CT molecular complexity index is 873. The first-order valence-electron chi connectivity index (χ1n) is 11.7. The van der Waals surface area contributed by atoms with Gasteiger partial charge >= 0.3 is 12.1 Å². The number of nitrogens with zero attached hydrogens (tertiary/aromatic N) is 1. The van der Waals surface area contributed by atoms with E-state index in [0.29, 0.717) is 31.1 Å². The molecule has 0 spiro atoms. The maximum absolute atomic E-state index is 13.0. The molecule has 1 aliphatic heterocycles. The smallest absolute Gasteiger partial charge is 0.410 e. The van der Waals surface area contributed by atoms with E-state index < -0.39 is 19.9 Å². The lowest BCUT2D eigenvalue weighted by Crippen LogP contribution is -2.50. The van der Waals surface area contributed by atoms with Gasteiger partial charge in [0.2, 0.25) is 0 Å². The minimum atomic E-state index is -2.06. The normalized spacial score (nSPS) is 19.1. The van der Waals surface area contributed by atoms with E-state index in [9.17, 15) is 9.59 Å². The van der Waals surface area contributed by atoms with Gasteiger partial charge in [0, 0.05) is 13.0 Å². The second-order valence-corrected chi connectivity index (χ2v) is 15.9. The van der Waals surface area contributed by atoms with Gasteiger partial charge in [0.25, 0.3) is 0 Å². The summed E-state index contributed by atoms with van der Waals surface area (Å²) in [6.07, 6.45) is -0.0896. The second kappa shape index (κ2) is 10.6. The fraction of sp³-hybridized carbons (Fsp3) is 0.680. The summed E-state index contributed by atoms with van der Waals surface area (Å²) >= 11 is 0. The van der Waals surface area contributed by atoms with Gasteiger partial charge in [-0.25, -0.2) is 9.59 Å². The van der Waals surface area contributed by atoms with Gasteiger partial charge < -0.3 is 23.4 Å². The summed E-state index contributed by atoms with van der Waals surface area (Å²) < 4.78 is 28.6. The van der Waals surface area contributed by atoms with Crippen molar-refractivity contribution in [2.45, 2.75) is 83.8 Å². The molecule has 0 unspecified atom stereocenters. The molecule has 34 heavy (non-hydrogen) atoms. The van der Waals surface area contributed by atoms with E-state index in [2.05, 4.69) is 33.9 Å². The lowest BCUT2D eigenvalue weighted by molar-refractivity contribution is 0.0100. The summed E-state index contributed by atoms with van der Waals surface area (Å²) in [5.41, 5.74) is -0.328. The van der Waals surface area contributed by atoms with Gasteiger partial charge in [-0.3, -0.25) is 4.90 Å². The van der Waals surface area contributed by atoms with Crippen molar-refractivity contribution in [1.29, 1.82) is 0 Å². The van der Waals surface area contributed by atoms with E-state index in [1.165, 1.54) is 14.2 Å². The average Bonchev–Trinajstić information content (AvgIpc) is 3.12. The maximum Gasteiger partial charge on any atom is 0.410 e. The Hall–Kier alpha value is -2.26. The molecule has 1 aromatic rings. The van der Waals surface area contributed by atoms with Crippen LogP contribution in [0.15, 0.2) is 18.2 Å². The summed E-state index contributed by atoms with van der Waals surface area (Å²) in [5, 5.41) is 0.0319. The van der Waals surface area contributed by atoms with E-state index >= 15 is 0 Å². The SMILES string of the molecule is COC(=O)c1cc(O[C@H]2CCN(C(=O)OC(C)(C)C)[C@@H]2CO[Si](C)(C)C(C)(C)C)ccc1OC. The van der Waals surface area contributed by atoms with Gasteiger partial charge in [-0.15, -0.1) is 0 Å². The highest BCUT2D eigenvalue weighted by molar-refractivity contribution is 6.74. The number of ether oxygens (including phenoxy) is 4. The molecule has 8 nitrogen and oxygen atoms in total. The Morgan fingerprint density at radius 3 is 2.26 bits per heavy atom. The lowest BCUT2D eigenvalue weighted by atomic mass is 10.1. The third kappa shape index (κ3) is 6.88. The molecule has 1 amide bonds. The van der Waals surface area contributed by atoms with E-state index in [-0.39, 0.29) is 28.8 Å². The largest absolute Gasteiger partial charge is 0.496 e. The van der Waals surface area contributed by atoms with Crippen LogP contribution in [0.25, 0.3) is 0 Å². The van der Waals surface area contributed by atoms with Crippen LogP contribution in [0.1, 0.15) is 58.3 Å². The Balaban J connectivity index is 2.30. The summed E-state index contributed by atoms with van der Waals surface area (Å²) in [7, 11) is 0.752. The minimum Gasteiger partial charge on any atom is -0.496 e.